The Morgan fingerprint density at radius 1 is 1.16 bits per heavy atom. The maximum absolute atomic E-state index is 12.9. The summed E-state index contributed by atoms with van der Waals surface area (Å²) in [5.41, 5.74) is 0.616. The third-order valence-corrected chi connectivity index (χ3v) is 5.20. The van der Waals surface area contributed by atoms with Crippen molar-refractivity contribution < 1.29 is 28.7 Å². The van der Waals surface area contributed by atoms with Crippen molar-refractivity contribution in [1.29, 1.82) is 0 Å². The molecule has 0 unspecified atom stereocenters. The Balaban J connectivity index is 1.84. The van der Waals surface area contributed by atoms with Gasteiger partial charge in [0.15, 0.2) is 6.61 Å². The van der Waals surface area contributed by atoms with E-state index in [1.807, 2.05) is 22.6 Å². The van der Waals surface area contributed by atoms with Gasteiger partial charge >= 0.3 is 12.0 Å². The molecule has 0 radical (unpaired) electrons. The van der Waals surface area contributed by atoms with Gasteiger partial charge in [0.25, 0.3) is 11.8 Å². The van der Waals surface area contributed by atoms with Gasteiger partial charge in [0, 0.05) is 5.02 Å². The SMILES string of the molecule is CCOC(=O)COc1ccc(/C=C2\C(=O)NC(=O)N(c3ccc(Cl)cc3)C2=O)cc1I. The average Bonchev–Trinajstić information content (AvgIpc) is 2.72. The van der Waals surface area contributed by atoms with Crippen LogP contribution >= 0.6 is 34.2 Å². The molecule has 0 spiro atoms. The summed E-state index contributed by atoms with van der Waals surface area (Å²) in [7, 11) is 0. The van der Waals surface area contributed by atoms with E-state index in [0.29, 0.717) is 19.9 Å². The normalized spacial score (nSPS) is 15.1. The lowest BCUT2D eigenvalue weighted by molar-refractivity contribution is -0.145. The van der Waals surface area contributed by atoms with Crippen molar-refractivity contribution in [1.82, 2.24) is 5.32 Å². The summed E-state index contributed by atoms with van der Waals surface area (Å²) in [4.78, 5) is 49.7. The van der Waals surface area contributed by atoms with E-state index in [4.69, 9.17) is 21.1 Å². The monoisotopic (exact) mass is 554 g/mol. The molecule has 1 fully saturated rings. The summed E-state index contributed by atoms with van der Waals surface area (Å²) >= 11 is 7.87. The molecular weight excluding hydrogens is 539 g/mol. The minimum atomic E-state index is -0.841. The van der Waals surface area contributed by atoms with Gasteiger partial charge in [-0.15, -0.1) is 0 Å². The highest BCUT2D eigenvalue weighted by molar-refractivity contribution is 14.1. The zero-order valence-electron chi connectivity index (χ0n) is 16.2. The fourth-order valence-electron chi connectivity index (χ4n) is 2.71. The third kappa shape index (κ3) is 5.42. The zero-order valence-corrected chi connectivity index (χ0v) is 19.1. The molecule has 0 aromatic heterocycles. The molecule has 0 aliphatic carbocycles. The number of nitrogens with zero attached hydrogens (tertiary/aromatic N) is 1. The number of carbonyl (C=O) groups is 4. The number of rotatable bonds is 6. The van der Waals surface area contributed by atoms with Crippen molar-refractivity contribution in [3.8, 4) is 5.75 Å². The summed E-state index contributed by atoms with van der Waals surface area (Å²) in [6.07, 6.45) is 1.38. The Hall–Kier alpha value is -2.92. The number of esters is 1. The Kier molecular flexibility index (Phi) is 7.29. The molecule has 0 saturated carbocycles. The fraction of sp³-hybridized carbons (Fsp3) is 0.143. The van der Waals surface area contributed by atoms with Crippen LogP contribution in [0.1, 0.15) is 12.5 Å². The van der Waals surface area contributed by atoms with Crippen LogP contribution in [0.5, 0.6) is 5.75 Å². The second kappa shape index (κ2) is 9.92. The van der Waals surface area contributed by atoms with E-state index in [1.54, 1.807) is 25.1 Å². The smallest absolute Gasteiger partial charge is 0.344 e. The second-order valence-electron chi connectivity index (χ2n) is 6.22. The molecule has 1 saturated heterocycles. The lowest BCUT2D eigenvalue weighted by Gasteiger charge is -2.26. The van der Waals surface area contributed by atoms with E-state index in [2.05, 4.69) is 5.32 Å². The number of nitrogens with one attached hydrogen (secondary N) is 1. The molecule has 31 heavy (non-hydrogen) atoms. The number of urea groups is 1. The molecule has 1 heterocycles. The zero-order chi connectivity index (χ0) is 22.5. The van der Waals surface area contributed by atoms with Gasteiger partial charge in [-0.05, 0) is 77.6 Å². The number of anilines is 1. The summed E-state index contributed by atoms with van der Waals surface area (Å²) in [5, 5.41) is 2.61. The summed E-state index contributed by atoms with van der Waals surface area (Å²) in [6.45, 7) is 1.73. The van der Waals surface area contributed by atoms with Crippen LogP contribution < -0.4 is 15.0 Å². The number of hydrogen-bond acceptors (Lipinski definition) is 6. The number of benzene rings is 2. The van der Waals surface area contributed by atoms with E-state index < -0.39 is 23.8 Å². The Morgan fingerprint density at radius 2 is 1.87 bits per heavy atom. The van der Waals surface area contributed by atoms with Gasteiger partial charge in [-0.3, -0.25) is 14.9 Å². The van der Waals surface area contributed by atoms with Gasteiger partial charge in [0.1, 0.15) is 11.3 Å². The lowest BCUT2D eigenvalue weighted by atomic mass is 10.1. The van der Waals surface area contributed by atoms with Crippen molar-refractivity contribution in [2.24, 2.45) is 0 Å². The largest absolute Gasteiger partial charge is 0.481 e. The van der Waals surface area contributed by atoms with Crippen molar-refractivity contribution >= 4 is 69.8 Å². The van der Waals surface area contributed by atoms with Crippen LogP contribution in [0.2, 0.25) is 5.02 Å². The molecule has 2 aromatic carbocycles. The average molecular weight is 555 g/mol. The molecule has 1 N–H and O–H groups in total. The first-order valence-electron chi connectivity index (χ1n) is 9.05. The summed E-state index contributed by atoms with van der Waals surface area (Å²) in [6, 6.07) is 10.2. The molecule has 0 atom stereocenters. The Morgan fingerprint density at radius 3 is 2.52 bits per heavy atom. The van der Waals surface area contributed by atoms with Gasteiger partial charge in [-0.2, -0.15) is 0 Å². The Bertz CT molecular complexity index is 1080. The molecular formula is C21H16ClIN2O6. The van der Waals surface area contributed by atoms with Crippen LogP contribution in [0.3, 0.4) is 0 Å². The molecule has 10 heteroatoms. The topological polar surface area (TPSA) is 102 Å². The minimum absolute atomic E-state index is 0.203. The second-order valence-corrected chi connectivity index (χ2v) is 7.82. The maximum Gasteiger partial charge on any atom is 0.344 e. The predicted octanol–water partition coefficient (Wildman–Crippen LogP) is 3.55. The number of carbonyl (C=O) groups excluding carboxylic acids is 4. The van der Waals surface area contributed by atoms with E-state index in [0.717, 1.165) is 4.90 Å². The summed E-state index contributed by atoms with van der Waals surface area (Å²) in [5.74, 6) is -1.58. The first-order chi connectivity index (χ1) is 14.8. The molecule has 1 aliphatic rings. The van der Waals surface area contributed by atoms with Crippen molar-refractivity contribution in [2.75, 3.05) is 18.1 Å². The van der Waals surface area contributed by atoms with Crippen LogP contribution in [-0.2, 0) is 19.1 Å². The first kappa shape index (κ1) is 22.8. The van der Waals surface area contributed by atoms with Crippen LogP contribution in [-0.4, -0.2) is 37.0 Å². The van der Waals surface area contributed by atoms with Gasteiger partial charge in [-0.1, -0.05) is 17.7 Å². The number of barbiturate groups is 1. The van der Waals surface area contributed by atoms with Crippen LogP contribution in [0.25, 0.3) is 6.08 Å². The molecule has 8 nitrogen and oxygen atoms in total. The number of amides is 4. The predicted molar refractivity (Wildman–Crippen MR) is 122 cm³/mol. The van der Waals surface area contributed by atoms with E-state index in [9.17, 15) is 19.2 Å². The molecule has 160 valence electrons. The van der Waals surface area contributed by atoms with Crippen LogP contribution in [0.4, 0.5) is 10.5 Å². The molecule has 1 aliphatic heterocycles. The molecule has 3 rings (SSSR count). The van der Waals surface area contributed by atoms with E-state index in [1.165, 1.54) is 30.3 Å². The van der Waals surface area contributed by atoms with Crippen molar-refractivity contribution in [2.45, 2.75) is 6.92 Å². The van der Waals surface area contributed by atoms with Crippen LogP contribution in [0, 0.1) is 3.57 Å². The maximum atomic E-state index is 12.9. The number of imide groups is 2. The van der Waals surface area contributed by atoms with E-state index in [-0.39, 0.29) is 24.5 Å². The number of ether oxygens (including phenoxy) is 2. The van der Waals surface area contributed by atoms with Gasteiger partial charge in [0.2, 0.25) is 0 Å². The third-order valence-electron chi connectivity index (χ3n) is 4.10. The summed E-state index contributed by atoms with van der Waals surface area (Å²) < 4.78 is 10.9. The highest BCUT2D eigenvalue weighted by Crippen LogP contribution is 2.26. The fourth-order valence-corrected chi connectivity index (χ4v) is 3.53. The van der Waals surface area contributed by atoms with E-state index >= 15 is 0 Å². The first-order valence-corrected chi connectivity index (χ1v) is 10.5. The highest BCUT2D eigenvalue weighted by Gasteiger charge is 2.36. The molecule has 4 amide bonds. The van der Waals surface area contributed by atoms with Crippen molar-refractivity contribution in [3.05, 3.63) is 62.2 Å². The number of hydrogen-bond donors (Lipinski definition) is 1. The molecule has 2 aromatic rings. The van der Waals surface area contributed by atoms with Gasteiger partial charge in [-0.25, -0.2) is 14.5 Å². The lowest BCUT2D eigenvalue weighted by Crippen LogP contribution is -2.54. The minimum Gasteiger partial charge on any atom is -0.481 e. The highest BCUT2D eigenvalue weighted by atomic mass is 127. The Labute approximate surface area is 196 Å². The van der Waals surface area contributed by atoms with Crippen molar-refractivity contribution in [3.63, 3.8) is 0 Å². The van der Waals surface area contributed by atoms with Gasteiger partial charge in [0.05, 0.1) is 15.9 Å². The van der Waals surface area contributed by atoms with Crippen LogP contribution in [0.15, 0.2) is 48.0 Å². The quantitative estimate of drug-likeness (QED) is 0.254. The standard InChI is InChI=1S/C21H16ClIN2O6/c1-2-30-18(26)11-31-17-8-3-12(10-16(17)23)9-15-19(27)24-21(29)25(20(15)28)14-6-4-13(22)5-7-14/h3-10H,2,11H2,1H3,(H,24,27,29)/b15-9+. The van der Waals surface area contributed by atoms with Gasteiger partial charge < -0.3 is 9.47 Å². The number of halogens is 2. The molecule has 0 bridgehead atoms.